The maximum Gasteiger partial charge on any atom is 0.416 e. The lowest BCUT2D eigenvalue weighted by Crippen LogP contribution is -2.50. The number of alkyl halides is 3. The van der Waals surface area contributed by atoms with E-state index in [1.54, 1.807) is 4.68 Å². The minimum absolute atomic E-state index is 0.00608. The number of nitrogens with one attached hydrogen (secondary N) is 2. The molecular formula is C11H17F3N6O. The molecule has 0 bridgehead atoms. The number of aliphatic hydroxyl groups is 1. The lowest BCUT2D eigenvalue weighted by atomic mass is 10.1. The van der Waals surface area contributed by atoms with Crippen molar-refractivity contribution in [2.75, 3.05) is 13.6 Å². The standard InChI is InChI=1S/C11H17F3N6O/c1-15-10(16-4-8(21)11(12,13)14)19-7-2-3-9-17-6-18-20(9)5-7/h6-8,21H,2-5H2,1H3,(H2,15,16,19). The predicted octanol–water partition coefficient (Wildman–Crippen LogP) is -0.319. The maximum absolute atomic E-state index is 12.2. The molecule has 21 heavy (non-hydrogen) atoms. The van der Waals surface area contributed by atoms with Gasteiger partial charge < -0.3 is 15.7 Å². The zero-order valence-electron chi connectivity index (χ0n) is 11.4. The molecule has 7 nitrogen and oxygen atoms in total. The Kier molecular flexibility index (Phi) is 4.66. The number of aliphatic hydroxyl groups excluding tert-OH is 1. The molecule has 0 radical (unpaired) electrons. The highest BCUT2D eigenvalue weighted by Crippen LogP contribution is 2.19. The van der Waals surface area contributed by atoms with E-state index in [0.29, 0.717) is 6.54 Å². The molecule has 118 valence electrons. The topological polar surface area (TPSA) is 87.4 Å². The predicted molar refractivity (Wildman–Crippen MR) is 68.7 cm³/mol. The van der Waals surface area contributed by atoms with E-state index in [-0.39, 0.29) is 12.0 Å². The van der Waals surface area contributed by atoms with E-state index in [4.69, 9.17) is 5.11 Å². The summed E-state index contributed by atoms with van der Waals surface area (Å²) in [5, 5.41) is 18.5. The van der Waals surface area contributed by atoms with Crippen LogP contribution >= 0.6 is 0 Å². The molecule has 0 amide bonds. The molecule has 1 aliphatic rings. The van der Waals surface area contributed by atoms with Crippen LogP contribution < -0.4 is 10.6 Å². The maximum atomic E-state index is 12.2. The van der Waals surface area contributed by atoms with Crippen molar-refractivity contribution < 1.29 is 18.3 Å². The number of rotatable bonds is 3. The molecule has 1 aliphatic heterocycles. The fraction of sp³-hybridized carbons (Fsp3) is 0.727. The molecule has 0 aliphatic carbocycles. The first-order valence-corrected chi connectivity index (χ1v) is 6.49. The van der Waals surface area contributed by atoms with Gasteiger partial charge in [-0.1, -0.05) is 0 Å². The van der Waals surface area contributed by atoms with Crippen LogP contribution in [0.3, 0.4) is 0 Å². The van der Waals surface area contributed by atoms with Crippen LogP contribution in [0.1, 0.15) is 12.2 Å². The minimum Gasteiger partial charge on any atom is -0.382 e. The summed E-state index contributed by atoms with van der Waals surface area (Å²) in [5.41, 5.74) is 0. The van der Waals surface area contributed by atoms with Gasteiger partial charge in [0.25, 0.3) is 0 Å². The molecular weight excluding hydrogens is 289 g/mol. The number of hydrogen-bond donors (Lipinski definition) is 3. The Balaban J connectivity index is 1.84. The smallest absolute Gasteiger partial charge is 0.382 e. The summed E-state index contributed by atoms with van der Waals surface area (Å²) in [5.74, 6) is 1.11. The lowest BCUT2D eigenvalue weighted by Gasteiger charge is -2.26. The van der Waals surface area contributed by atoms with Gasteiger partial charge >= 0.3 is 6.18 Å². The second kappa shape index (κ2) is 6.29. The van der Waals surface area contributed by atoms with Crippen LogP contribution in [0.4, 0.5) is 13.2 Å². The Labute approximate surface area is 119 Å². The molecule has 2 heterocycles. The highest BCUT2D eigenvalue weighted by Gasteiger charge is 2.38. The Morgan fingerprint density at radius 1 is 1.62 bits per heavy atom. The number of aliphatic imine (C=N–C) groups is 1. The van der Waals surface area contributed by atoms with E-state index in [9.17, 15) is 13.2 Å². The molecule has 0 spiro atoms. The second-order valence-corrected chi connectivity index (χ2v) is 4.75. The Bertz CT molecular complexity index is 500. The van der Waals surface area contributed by atoms with Gasteiger partial charge in [-0.05, 0) is 6.42 Å². The van der Waals surface area contributed by atoms with Crippen molar-refractivity contribution in [2.45, 2.75) is 37.7 Å². The summed E-state index contributed by atoms with van der Waals surface area (Å²) in [6, 6.07) is -0.00608. The number of hydrogen-bond acceptors (Lipinski definition) is 4. The molecule has 1 aromatic rings. The Morgan fingerprint density at radius 2 is 2.38 bits per heavy atom. The van der Waals surface area contributed by atoms with Crippen molar-refractivity contribution in [3.05, 3.63) is 12.2 Å². The van der Waals surface area contributed by atoms with E-state index >= 15 is 0 Å². The lowest BCUT2D eigenvalue weighted by molar-refractivity contribution is -0.201. The summed E-state index contributed by atoms with van der Waals surface area (Å²) in [7, 11) is 1.46. The second-order valence-electron chi connectivity index (χ2n) is 4.75. The number of nitrogens with zero attached hydrogens (tertiary/aromatic N) is 4. The van der Waals surface area contributed by atoms with Crippen LogP contribution in [-0.2, 0) is 13.0 Å². The molecule has 2 atom stereocenters. The van der Waals surface area contributed by atoms with E-state index in [1.807, 2.05) is 0 Å². The molecule has 0 saturated heterocycles. The number of guanidine groups is 1. The van der Waals surface area contributed by atoms with Crippen molar-refractivity contribution in [1.29, 1.82) is 0 Å². The quantitative estimate of drug-likeness (QED) is 0.526. The average molecular weight is 306 g/mol. The van der Waals surface area contributed by atoms with E-state index < -0.39 is 18.8 Å². The zero-order chi connectivity index (χ0) is 15.5. The summed E-state index contributed by atoms with van der Waals surface area (Å²) < 4.78 is 38.4. The molecule has 0 aromatic carbocycles. The molecule has 3 N–H and O–H groups in total. The zero-order valence-corrected chi connectivity index (χ0v) is 11.4. The first-order valence-electron chi connectivity index (χ1n) is 6.49. The summed E-state index contributed by atoms with van der Waals surface area (Å²) in [6.45, 7) is -0.0810. The van der Waals surface area contributed by atoms with Gasteiger partial charge in [0.2, 0.25) is 0 Å². The van der Waals surface area contributed by atoms with Crippen molar-refractivity contribution in [2.24, 2.45) is 4.99 Å². The third-order valence-electron chi connectivity index (χ3n) is 3.21. The molecule has 10 heteroatoms. The van der Waals surface area contributed by atoms with Crippen LogP contribution in [0, 0.1) is 0 Å². The van der Waals surface area contributed by atoms with Crippen LogP contribution in [0.15, 0.2) is 11.3 Å². The van der Waals surface area contributed by atoms with E-state index in [2.05, 4.69) is 25.7 Å². The fourth-order valence-electron chi connectivity index (χ4n) is 2.05. The van der Waals surface area contributed by atoms with Crippen LogP contribution in [0.2, 0.25) is 0 Å². The van der Waals surface area contributed by atoms with Gasteiger partial charge in [0.15, 0.2) is 12.1 Å². The van der Waals surface area contributed by atoms with E-state index in [1.165, 1.54) is 13.4 Å². The summed E-state index contributed by atoms with van der Waals surface area (Å²) in [4.78, 5) is 7.95. The van der Waals surface area contributed by atoms with Crippen LogP contribution in [-0.4, -0.2) is 57.7 Å². The van der Waals surface area contributed by atoms with Crippen molar-refractivity contribution in [3.8, 4) is 0 Å². The van der Waals surface area contributed by atoms with Gasteiger partial charge in [0.1, 0.15) is 12.2 Å². The van der Waals surface area contributed by atoms with E-state index in [0.717, 1.165) is 18.7 Å². The first-order chi connectivity index (χ1) is 9.90. The highest BCUT2D eigenvalue weighted by atomic mass is 19.4. The number of aryl methyl sites for hydroxylation is 1. The van der Waals surface area contributed by atoms with Gasteiger partial charge in [0, 0.05) is 19.5 Å². The summed E-state index contributed by atoms with van der Waals surface area (Å²) >= 11 is 0. The summed E-state index contributed by atoms with van der Waals surface area (Å²) in [6.07, 6.45) is -4.08. The highest BCUT2D eigenvalue weighted by molar-refractivity contribution is 5.80. The fourth-order valence-corrected chi connectivity index (χ4v) is 2.05. The van der Waals surface area contributed by atoms with Gasteiger partial charge in [-0.25, -0.2) is 9.67 Å². The van der Waals surface area contributed by atoms with Crippen LogP contribution in [0.25, 0.3) is 0 Å². The normalized spacial score (nSPS) is 20.8. The number of aromatic nitrogens is 3. The van der Waals surface area contributed by atoms with Crippen LogP contribution in [0.5, 0.6) is 0 Å². The van der Waals surface area contributed by atoms with Crippen molar-refractivity contribution >= 4 is 5.96 Å². The van der Waals surface area contributed by atoms with Gasteiger partial charge in [0.05, 0.1) is 13.1 Å². The molecule has 1 aromatic heterocycles. The van der Waals surface area contributed by atoms with Crippen molar-refractivity contribution in [3.63, 3.8) is 0 Å². The van der Waals surface area contributed by atoms with Crippen molar-refractivity contribution in [1.82, 2.24) is 25.4 Å². The molecule has 0 fully saturated rings. The first kappa shape index (κ1) is 15.5. The third kappa shape index (κ3) is 4.06. The SMILES string of the molecule is CN=C(NCC(O)C(F)(F)F)NC1CCc2ncnn2C1. The number of halogens is 3. The van der Waals surface area contributed by atoms with Gasteiger partial charge in [-0.3, -0.25) is 4.99 Å². The molecule has 0 saturated carbocycles. The minimum atomic E-state index is -4.65. The molecule has 2 rings (SSSR count). The number of fused-ring (bicyclic) bond motifs is 1. The largest absolute Gasteiger partial charge is 0.416 e. The Morgan fingerprint density at radius 3 is 3.05 bits per heavy atom. The molecule has 2 unspecified atom stereocenters. The van der Waals surface area contributed by atoms with Gasteiger partial charge in [-0.2, -0.15) is 18.3 Å². The van der Waals surface area contributed by atoms with Gasteiger partial charge in [-0.15, -0.1) is 0 Å². The third-order valence-corrected chi connectivity index (χ3v) is 3.21. The monoisotopic (exact) mass is 306 g/mol. The average Bonchev–Trinajstić information content (AvgIpc) is 2.89. The Hall–Kier alpha value is -1.84.